The molecule has 0 fully saturated rings. The van der Waals surface area contributed by atoms with E-state index >= 15 is 0 Å². The lowest BCUT2D eigenvalue weighted by atomic mass is 10.1. The van der Waals surface area contributed by atoms with E-state index in [9.17, 15) is 35.9 Å². The number of amides is 2. The van der Waals surface area contributed by atoms with Gasteiger partial charge in [-0.15, -0.1) is 0 Å². The Kier molecular flexibility index (Phi) is 7.26. The quantitative estimate of drug-likeness (QED) is 0.295. The van der Waals surface area contributed by atoms with Gasteiger partial charge in [0, 0.05) is 11.4 Å². The lowest BCUT2D eigenvalue weighted by Crippen LogP contribution is -2.35. The molecule has 2 N–H and O–H groups in total. The third-order valence-corrected chi connectivity index (χ3v) is 3.80. The van der Waals surface area contributed by atoms with Crippen molar-refractivity contribution in [3.8, 4) is 0 Å². The first kappa shape index (κ1) is 23.7. The summed E-state index contributed by atoms with van der Waals surface area (Å²) in [6.07, 6.45) is -8.55. The summed E-state index contributed by atoms with van der Waals surface area (Å²) in [6.45, 7) is 0. The van der Waals surface area contributed by atoms with Gasteiger partial charge >= 0.3 is 12.4 Å². The number of oxime groups is 1. The van der Waals surface area contributed by atoms with E-state index in [1.165, 1.54) is 12.1 Å². The second kappa shape index (κ2) is 9.49. The molecule has 0 aromatic heterocycles. The fourth-order valence-corrected chi connectivity index (χ4v) is 2.36. The maximum Gasteiger partial charge on any atom is 0.416 e. The van der Waals surface area contributed by atoms with Crippen LogP contribution in [0.2, 0.25) is 0 Å². The third-order valence-electron chi connectivity index (χ3n) is 3.80. The number of alkyl halides is 6. The van der Waals surface area contributed by atoms with Gasteiger partial charge in [0.15, 0.2) is 5.92 Å². The molecule has 0 aliphatic rings. The zero-order valence-electron chi connectivity index (χ0n) is 15.7. The first-order valence-corrected chi connectivity index (χ1v) is 8.44. The van der Waals surface area contributed by atoms with E-state index in [2.05, 4.69) is 20.6 Å². The van der Waals surface area contributed by atoms with Crippen molar-refractivity contribution in [3.63, 3.8) is 0 Å². The van der Waals surface area contributed by atoms with Crippen LogP contribution in [0.25, 0.3) is 0 Å². The van der Waals surface area contributed by atoms with E-state index in [0.29, 0.717) is 12.1 Å². The number of halogens is 6. The molecule has 2 rings (SSSR count). The van der Waals surface area contributed by atoms with E-state index < -0.39 is 41.2 Å². The lowest BCUT2D eigenvalue weighted by molar-refractivity contribution is -0.138. The van der Waals surface area contributed by atoms with Crippen LogP contribution in [0.5, 0.6) is 0 Å². The second-order valence-corrected chi connectivity index (χ2v) is 6.05. The summed E-state index contributed by atoms with van der Waals surface area (Å²) < 4.78 is 76.9. The summed E-state index contributed by atoms with van der Waals surface area (Å²) >= 11 is 0. The smallest absolute Gasteiger partial charge is 0.399 e. The van der Waals surface area contributed by atoms with E-state index in [4.69, 9.17) is 0 Å². The first-order chi connectivity index (χ1) is 14.4. The van der Waals surface area contributed by atoms with Crippen LogP contribution in [0, 0.1) is 5.92 Å². The summed E-state index contributed by atoms with van der Waals surface area (Å²) in [4.78, 5) is 29.3. The fraction of sp³-hybridized carbons (Fsp3) is 0.211. The van der Waals surface area contributed by atoms with Crippen LogP contribution < -0.4 is 10.6 Å². The fourth-order valence-electron chi connectivity index (χ4n) is 2.36. The summed E-state index contributed by atoms with van der Waals surface area (Å²) in [5, 5.41) is 7.58. The van der Waals surface area contributed by atoms with Crippen LogP contribution in [0.1, 0.15) is 11.1 Å². The molecule has 31 heavy (non-hydrogen) atoms. The Bertz CT molecular complexity index is 901. The summed E-state index contributed by atoms with van der Waals surface area (Å²) in [5.74, 6) is -3.88. The second-order valence-electron chi connectivity index (χ2n) is 6.05. The van der Waals surface area contributed by atoms with Crippen molar-refractivity contribution in [1.82, 2.24) is 0 Å². The first-order valence-electron chi connectivity index (χ1n) is 8.44. The molecule has 0 spiro atoms. The molecular formula is C19H15F6N3O3. The van der Waals surface area contributed by atoms with Gasteiger partial charge in [-0.25, -0.2) is 0 Å². The third kappa shape index (κ3) is 6.73. The van der Waals surface area contributed by atoms with Gasteiger partial charge < -0.3 is 15.5 Å². The van der Waals surface area contributed by atoms with Crippen LogP contribution in [0.15, 0.2) is 53.7 Å². The van der Waals surface area contributed by atoms with Gasteiger partial charge in [-0.2, -0.15) is 26.3 Å². The maximum atomic E-state index is 12.8. The van der Waals surface area contributed by atoms with Gasteiger partial charge in [0.1, 0.15) is 7.11 Å². The number of hydrogen-bond acceptors (Lipinski definition) is 4. The van der Waals surface area contributed by atoms with Crippen molar-refractivity contribution < 1.29 is 40.8 Å². The molecule has 2 aromatic rings. The Morgan fingerprint density at radius 2 is 1.29 bits per heavy atom. The molecule has 0 saturated carbocycles. The van der Waals surface area contributed by atoms with Crippen LogP contribution in [-0.2, 0) is 26.8 Å². The molecule has 0 saturated heterocycles. The summed E-state index contributed by atoms with van der Waals surface area (Å²) in [7, 11) is 1.11. The number of benzene rings is 2. The molecule has 0 aliphatic carbocycles. The van der Waals surface area contributed by atoms with Crippen molar-refractivity contribution in [1.29, 1.82) is 0 Å². The van der Waals surface area contributed by atoms with Crippen LogP contribution >= 0.6 is 0 Å². The Labute approximate surface area is 171 Å². The number of carbonyl (C=O) groups excluding carboxylic acids is 2. The topological polar surface area (TPSA) is 79.8 Å². The van der Waals surface area contributed by atoms with E-state index in [1.54, 1.807) is 0 Å². The average molecular weight is 447 g/mol. The van der Waals surface area contributed by atoms with Crippen LogP contribution in [0.3, 0.4) is 0 Å². The zero-order chi connectivity index (χ0) is 23.2. The summed E-state index contributed by atoms with van der Waals surface area (Å²) in [5.41, 5.74) is -2.55. The number of anilines is 2. The minimum Gasteiger partial charge on any atom is -0.399 e. The highest BCUT2D eigenvalue weighted by atomic mass is 19.4. The minimum absolute atomic E-state index is 0.248. The molecule has 0 radical (unpaired) electrons. The molecule has 0 atom stereocenters. The van der Waals surface area contributed by atoms with Crippen LogP contribution in [-0.4, -0.2) is 25.1 Å². The highest BCUT2D eigenvalue weighted by Crippen LogP contribution is 2.31. The van der Waals surface area contributed by atoms with Gasteiger partial charge in [-0.05, 0) is 36.4 Å². The predicted molar refractivity (Wildman–Crippen MR) is 99.1 cm³/mol. The lowest BCUT2D eigenvalue weighted by Gasteiger charge is -2.15. The normalized spacial score (nSPS) is 12.1. The highest BCUT2D eigenvalue weighted by Gasteiger charge is 2.32. The molecule has 0 bridgehead atoms. The Balaban J connectivity index is 2.22. The minimum atomic E-state index is -4.65. The van der Waals surface area contributed by atoms with Gasteiger partial charge in [-0.3, -0.25) is 9.59 Å². The molecule has 166 valence electrons. The molecule has 12 heteroatoms. The largest absolute Gasteiger partial charge is 0.416 e. The van der Waals surface area contributed by atoms with Crippen molar-refractivity contribution in [2.45, 2.75) is 12.4 Å². The molecule has 6 nitrogen and oxygen atoms in total. The monoisotopic (exact) mass is 447 g/mol. The number of carbonyl (C=O) groups is 2. The van der Waals surface area contributed by atoms with Gasteiger partial charge in [-0.1, -0.05) is 17.3 Å². The molecule has 0 unspecified atom stereocenters. The summed E-state index contributed by atoms with van der Waals surface area (Å²) in [6, 6.07) is 7.35. The average Bonchev–Trinajstić information content (AvgIpc) is 2.67. The number of nitrogens with zero attached hydrogens (tertiary/aromatic N) is 1. The Morgan fingerprint density at radius 3 is 1.65 bits per heavy atom. The number of nitrogens with one attached hydrogen (secondary N) is 2. The highest BCUT2D eigenvalue weighted by molar-refractivity contribution is 6.20. The number of rotatable bonds is 6. The van der Waals surface area contributed by atoms with Crippen LogP contribution in [0.4, 0.5) is 37.7 Å². The zero-order valence-corrected chi connectivity index (χ0v) is 15.7. The molecule has 2 amide bonds. The Hall–Kier alpha value is -3.57. The van der Waals surface area contributed by atoms with Gasteiger partial charge in [0.25, 0.3) is 0 Å². The van der Waals surface area contributed by atoms with Crippen molar-refractivity contribution in [2.75, 3.05) is 17.7 Å². The van der Waals surface area contributed by atoms with Crippen molar-refractivity contribution in [3.05, 3.63) is 59.7 Å². The molecule has 2 aromatic carbocycles. The van der Waals surface area contributed by atoms with Gasteiger partial charge in [0.2, 0.25) is 11.8 Å². The van der Waals surface area contributed by atoms with Gasteiger partial charge in [0.05, 0.1) is 17.3 Å². The molecule has 0 heterocycles. The van der Waals surface area contributed by atoms with Crippen molar-refractivity contribution >= 4 is 29.4 Å². The Morgan fingerprint density at radius 1 is 0.871 bits per heavy atom. The SMILES string of the molecule is CO/N=C/C(C(=O)Nc1cccc(C(F)(F)F)c1)C(=O)Nc1cccc(C(F)(F)F)c1. The standard InChI is InChI=1S/C19H15F6N3O3/c1-31-26-10-15(16(29)27-13-6-2-4-11(8-13)18(20,21)22)17(30)28-14-7-3-5-12(9-14)19(23,24)25/h2-10,15H,1H3,(H,27,29)(H,28,30)/b26-10+. The van der Waals surface area contributed by atoms with Crippen molar-refractivity contribution in [2.24, 2.45) is 11.1 Å². The molecule has 0 aliphatic heterocycles. The maximum absolute atomic E-state index is 12.8. The number of hydrogen-bond donors (Lipinski definition) is 2. The van der Waals surface area contributed by atoms with E-state index in [0.717, 1.165) is 37.6 Å². The van der Waals surface area contributed by atoms with E-state index in [-0.39, 0.29) is 11.4 Å². The predicted octanol–water partition coefficient (Wildman–Crippen LogP) is 4.55. The molecular weight excluding hydrogens is 432 g/mol. The van der Waals surface area contributed by atoms with E-state index in [1.807, 2.05) is 0 Å².